The van der Waals surface area contributed by atoms with Crippen molar-refractivity contribution in [3.05, 3.63) is 110 Å². The van der Waals surface area contributed by atoms with Gasteiger partial charge in [-0.2, -0.15) is 4.31 Å². The summed E-state index contributed by atoms with van der Waals surface area (Å²) in [5.74, 6) is -0.911. The summed E-state index contributed by atoms with van der Waals surface area (Å²) < 4.78 is 34.2. The third-order valence-corrected chi connectivity index (χ3v) is 8.09. The lowest BCUT2D eigenvalue weighted by atomic mass is 10.1. The van der Waals surface area contributed by atoms with Gasteiger partial charge in [-0.3, -0.25) is 14.9 Å². The van der Waals surface area contributed by atoms with Crippen LogP contribution in [0.1, 0.15) is 15.9 Å². The second kappa shape index (κ2) is 8.70. The molecule has 0 saturated carbocycles. The topological polar surface area (TPSA) is 128 Å². The minimum absolute atomic E-state index is 0.0269. The highest BCUT2D eigenvalue weighted by Gasteiger charge is 2.34. The zero-order valence-electron chi connectivity index (χ0n) is 18.6. The summed E-state index contributed by atoms with van der Waals surface area (Å²) in [6, 6.07) is 18.8. The molecule has 0 radical (unpaired) electrons. The molecular formula is C25H16N2O7S2. The second-order valence-corrected chi connectivity index (χ2v) is 10.7. The summed E-state index contributed by atoms with van der Waals surface area (Å²) >= 11 is 0.790. The van der Waals surface area contributed by atoms with E-state index in [1.54, 1.807) is 43.3 Å². The van der Waals surface area contributed by atoms with Crippen molar-refractivity contribution < 1.29 is 22.6 Å². The first-order chi connectivity index (χ1) is 17.2. The van der Waals surface area contributed by atoms with Gasteiger partial charge in [0.2, 0.25) is 0 Å². The lowest BCUT2D eigenvalue weighted by Crippen LogP contribution is -2.37. The SMILES string of the molecule is Cc1ccc(S(=O)(=O)N(C(=O)c2ccc([N+](=O)[O-])cc2)c2cc3sc(=O)oc3c3ccccc23)cc1. The van der Waals surface area contributed by atoms with E-state index < -0.39 is 25.8 Å². The molecule has 0 N–H and O–H groups in total. The Labute approximate surface area is 208 Å². The van der Waals surface area contributed by atoms with Crippen LogP contribution in [0, 0.1) is 17.0 Å². The van der Waals surface area contributed by atoms with Crippen LogP contribution in [0.15, 0.2) is 93.0 Å². The Bertz CT molecular complexity index is 1820. The van der Waals surface area contributed by atoms with Crippen molar-refractivity contribution in [3.8, 4) is 0 Å². The number of aryl methyl sites for hydroxylation is 1. The molecule has 36 heavy (non-hydrogen) atoms. The summed E-state index contributed by atoms with van der Waals surface area (Å²) in [4.78, 5) is 35.6. The molecule has 0 unspecified atom stereocenters. The average Bonchev–Trinajstić information content (AvgIpc) is 3.24. The molecule has 11 heteroatoms. The predicted molar refractivity (Wildman–Crippen MR) is 136 cm³/mol. The van der Waals surface area contributed by atoms with Crippen LogP contribution in [0.5, 0.6) is 0 Å². The van der Waals surface area contributed by atoms with Gasteiger partial charge >= 0.3 is 4.94 Å². The van der Waals surface area contributed by atoms with Crippen LogP contribution in [-0.4, -0.2) is 19.2 Å². The van der Waals surface area contributed by atoms with E-state index in [9.17, 15) is 28.1 Å². The molecule has 5 rings (SSSR count). The number of non-ortho nitro benzene ring substituents is 1. The largest absolute Gasteiger partial charge is 0.413 e. The highest BCUT2D eigenvalue weighted by atomic mass is 32.2. The van der Waals surface area contributed by atoms with Crippen molar-refractivity contribution in [3.63, 3.8) is 0 Å². The normalized spacial score (nSPS) is 11.6. The third kappa shape index (κ3) is 3.93. The van der Waals surface area contributed by atoms with Gasteiger partial charge in [-0.05, 0) is 37.3 Å². The number of hydrogen-bond acceptors (Lipinski definition) is 8. The quantitative estimate of drug-likeness (QED) is 0.228. The Morgan fingerprint density at radius 3 is 2.25 bits per heavy atom. The van der Waals surface area contributed by atoms with Crippen molar-refractivity contribution in [2.75, 3.05) is 4.31 Å². The summed E-state index contributed by atoms with van der Waals surface area (Å²) in [6.45, 7) is 1.80. The van der Waals surface area contributed by atoms with E-state index in [1.807, 2.05) is 0 Å². The zero-order chi connectivity index (χ0) is 25.6. The molecule has 1 amide bonds. The molecule has 1 aromatic heterocycles. The summed E-state index contributed by atoms with van der Waals surface area (Å²) in [5.41, 5.74) is 0.839. The smallest absolute Gasteiger partial charge is 0.396 e. The van der Waals surface area contributed by atoms with Crippen molar-refractivity contribution in [2.45, 2.75) is 11.8 Å². The number of amides is 1. The Hall–Kier alpha value is -4.35. The molecule has 180 valence electrons. The Balaban J connectivity index is 1.80. The van der Waals surface area contributed by atoms with Gasteiger partial charge in [-0.15, -0.1) is 0 Å². The Morgan fingerprint density at radius 1 is 0.972 bits per heavy atom. The van der Waals surface area contributed by atoms with Gasteiger partial charge in [-0.25, -0.2) is 13.2 Å². The van der Waals surface area contributed by atoms with E-state index in [0.29, 0.717) is 25.4 Å². The van der Waals surface area contributed by atoms with E-state index in [0.717, 1.165) is 29.0 Å². The van der Waals surface area contributed by atoms with Gasteiger partial charge in [0, 0.05) is 28.5 Å². The Kier molecular flexibility index (Phi) is 5.65. The monoisotopic (exact) mass is 520 g/mol. The summed E-state index contributed by atoms with van der Waals surface area (Å²) in [6.07, 6.45) is 0. The number of hydrogen-bond donors (Lipinski definition) is 0. The fraction of sp³-hybridized carbons (Fsp3) is 0.0400. The molecule has 0 aliphatic carbocycles. The van der Waals surface area contributed by atoms with Gasteiger partial charge < -0.3 is 4.42 Å². The summed E-state index contributed by atoms with van der Waals surface area (Å²) in [7, 11) is -4.45. The molecule has 0 atom stereocenters. The third-order valence-electron chi connectivity index (χ3n) is 5.61. The van der Waals surface area contributed by atoms with E-state index in [2.05, 4.69) is 0 Å². The summed E-state index contributed by atoms with van der Waals surface area (Å²) in [5, 5.41) is 11.9. The lowest BCUT2D eigenvalue weighted by molar-refractivity contribution is -0.384. The molecular weight excluding hydrogens is 504 g/mol. The maximum atomic E-state index is 13.9. The first-order valence-corrected chi connectivity index (χ1v) is 12.8. The van der Waals surface area contributed by atoms with Gasteiger partial charge in [0.05, 0.1) is 20.2 Å². The predicted octanol–water partition coefficient (Wildman–Crippen LogP) is 5.26. The minimum atomic E-state index is -4.45. The van der Waals surface area contributed by atoms with Crippen LogP contribution in [0.3, 0.4) is 0 Å². The van der Waals surface area contributed by atoms with E-state index in [4.69, 9.17) is 4.42 Å². The fourth-order valence-electron chi connectivity index (χ4n) is 3.85. The number of fused-ring (bicyclic) bond motifs is 3. The number of rotatable bonds is 5. The standard InChI is InChI=1S/C25H16N2O7S2/c1-15-6-12-18(13-7-15)36(32,33)26(24(28)16-8-10-17(11-9-16)27(30)31)21-14-22-23(34-25(29)35-22)20-5-3-2-4-19(20)21/h2-14H,1H3. The molecule has 0 saturated heterocycles. The van der Waals surface area contributed by atoms with Gasteiger partial charge in [0.1, 0.15) is 0 Å². The maximum Gasteiger partial charge on any atom is 0.396 e. The lowest BCUT2D eigenvalue weighted by Gasteiger charge is -2.24. The number of nitro groups is 1. The maximum absolute atomic E-state index is 13.9. The number of anilines is 1. The van der Waals surface area contributed by atoms with Gasteiger partial charge in [0.25, 0.3) is 21.6 Å². The van der Waals surface area contributed by atoms with Crippen molar-refractivity contribution in [1.29, 1.82) is 0 Å². The second-order valence-electron chi connectivity index (χ2n) is 7.91. The first-order valence-electron chi connectivity index (χ1n) is 10.5. The van der Waals surface area contributed by atoms with Crippen molar-refractivity contribution in [2.24, 2.45) is 0 Å². The van der Waals surface area contributed by atoms with Crippen LogP contribution >= 0.6 is 11.3 Å². The van der Waals surface area contributed by atoms with Crippen LogP contribution < -0.4 is 9.24 Å². The number of sulfonamides is 1. The van der Waals surface area contributed by atoms with Crippen molar-refractivity contribution >= 4 is 59.7 Å². The van der Waals surface area contributed by atoms with Gasteiger partial charge in [-0.1, -0.05) is 53.3 Å². The number of benzene rings is 4. The average molecular weight is 521 g/mol. The first kappa shape index (κ1) is 23.4. The molecule has 0 bridgehead atoms. The van der Waals surface area contributed by atoms with Crippen LogP contribution in [0.2, 0.25) is 0 Å². The van der Waals surface area contributed by atoms with Crippen LogP contribution in [-0.2, 0) is 10.0 Å². The molecule has 0 aliphatic rings. The molecule has 5 aromatic rings. The van der Waals surface area contributed by atoms with E-state index in [-0.39, 0.29) is 21.8 Å². The molecule has 0 spiro atoms. The van der Waals surface area contributed by atoms with Crippen LogP contribution in [0.4, 0.5) is 11.4 Å². The fourth-order valence-corrected chi connectivity index (χ4v) is 6.00. The van der Waals surface area contributed by atoms with Crippen molar-refractivity contribution in [1.82, 2.24) is 0 Å². The molecule has 4 aromatic carbocycles. The number of carbonyl (C=O) groups is 1. The Morgan fingerprint density at radius 2 is 1.61 bits per heavy atom. The molecule has 9 nitrogen and oxygen atoms in total. The van der Waals surface area contributed by atoms with Gasteiger partial charge in [0.15, 0.2) is 5.58 Å². The van der Waals surface area contributed by atoms with E-state index in [1.165, 1.54) is 30.3 Å². The number of carbonyl (C=O) groups excluding carboxylic acids is 1. The zero-order valence-corrected chi connectivity index (χ0v) is 20.2. The number of nitrogens with zero attached hydrogens (tertiary/aromatic N) is 2. The highest BCUT2D eigenvalue weighted by Crippen LogP contribution is 2.38. The number of nitro benzene ring substituents is 1. The highest BCUT2D eigenvalue weighted by molar-refractivity contribution is 7.93. The van der Waals surface area contributed by atoms with Crippen LogP contribution in [0.25, 0.3) is 21.1 Å². The molecule has 1 heterocycles. The van der Waals surface area contributed by atoms with E-state index >= 15 is 0 Å². The molecule has 0 fully saturated rings. The minimum Gasteiger partial charge on any atom is -0.413 e. The molecule has 0 aliphatic heterocycles.